The number of oxazole rings is 1. The molecule has 0 aliphatic carbocycles. The van der Waals surface area contributed by atoms with Gasteiger partial charge in [0.2, 0.25) is 5.89 Å². The van der Waals surface area contributed by atoms with Crippen molar-refractivity contribution in [1.29, 1.82) is 0 Å². The van der Waals surface area contributed by atoms with Crippen LogP contribution < -0.4 is 10.6 Å². The Labute approximate surface area is 135 Å². The molecule has 0 aliphatic rings. The van der Waals surface area contributed by atoms with Gasteiger partial charge in [-0.3, -0.25) is 4.99 Å². The molecule has 0 saturated heterocycles. The highest BCUT2D eigenvalue weighted by atomic mass is 127. The number of aromatic nitrogens is 1. The van der Waals surface area contributed by atoms with Gasteiger partial charge in [-0.1, -0.05) is 18.2 Å². The molecule has 0 fully saturated rings. The quantitative estimate of drug-likeness (QED) is 0.482. The van der Waals surface area contributed by atoms with Crippen LogP contribution in [0.15, 0.2) is 46.0 Å². The average molecular weight is 386 g/mol. The van der Waals surface area contributed by atoms with E-state index in [4.69, 9.17) is 4.42 Å². The van der Waals surface area contributed by atoms with Crippen molar-refractivity contribution in [2.45, 2.75) is 13.5 Å². The third-order valence-electron chi connectivity index (χ3n) is 2.58. The summed E-state index contributed by atoms with van der Waals surface area (Å²) in [5.41, 5.74) is 1.82. The molecule has 1 heterocycles. The summed E-state index contributed by atoms with van der Waals surface area (Å²) in [6.07, 6.45) is 1.66. The van der Waals surface area contributed by atoms with Gasteiger partial charge in [0.1, 0.15) is 6.26 Å². The number of aliphatic imine (C=N–C) groups is 1. The van der Waals surface area contributed by atoms with Crippen LogP contribution in [0.3, 0.4) is 0 Å². The molecule has 2 N–H and O–H groups in total. The molecule has 1 aromatic carbocycles. The van der Waals surface area contributed by atoms with E-state index in [0.717, 1.165) is 23.8 Å². The van der Waals surface area contributed by atoms with Gasteiger partial charge in [0.25, 0.3) is 0 Å². The number of hydrogen-bond acceptors (Lipinski definition) is 3. The van der Waals surface area contributed by atoms with Gasteiger partial charge in [-0.25, -0.2) is 4.98 Å². The van der Waals surface area contributed by atoms with E-state index in [9.17, 15) is 0 Å². The standard InChI is InChI=1S/C14H18N4O.HI/c1-3-16-14(15-2)17-9-12-10-19-13(18-12)11-7-5-4-6-8-11;/h4-8,10H,3,9H2,1-2H3,(H2,15,16,17);1H. The van der Waals surface area contributed by atoms with Crippen molar-refractivity contribution in [3.05, 3.63) is 42.3 Å². The van der Waals surface area contributed by atoms with Crippen LogP contribution in [0.4, 0.5) is 0 Å². The van der Waals surface area contributed by atoms with Crippen LogP contribution in [0, 0.1) is 0 Å². The van der Waals surface area contributed by atoms with Gasteiger partial charge in [0.05, 0.1) is 12.2 Å². The molecule has 0 radical (unpaired) electrons. The van der Waals surface area contributed by atoms with Gasteiger partial charge >= 0.3 is 0 Å². The zero-order valence-electron chi connectivity index (χ0n) is 11.6. The van der Waals surface area contributed by atoms with Crippen LogP contribution in [0.25, 0.3) is 11.5 Å². The van der Waals surface area contributed by atoms with Gasteiger partial charge in [0, 0.05) is 19.2 Å². The summed E-state index contributed by atoms with van der Waals surface area (Å²) in [7, 11) is 1.74. The zero-order chi connectivity index (χ0) is 13.5. The lowest BCUT2D eigenvalue weighted by molar-refractivity contribution is 0.572. The summed E-state index contributed by atoms with van der Waals surface area (Å²) in [4.78, 5) is 8.53. The first-order chi connectivity index (χ1) is 9.33. The van der Waals surface area contributed by atoms with Crippen LogP contribution in [-0.2, 0) is 6.54 Å². The second-order valence-electron chi connectivity index (χ2n) is 3.97. The first-order valence-electron chi connectivity index (χ1n) is 6.27. The van der Waals surface area contributed by atoms with E-state index in [1.165, 1.54) is 0 Å². The minimum atomic E-state index is 0. The van der Waals surface area contributed by atoms with Crippen molar-refractivity contribution in [1.82, 2.24) is 15.6 Å². The lowest BCUT2D eigenvalue weighted by Gasteiger charge is -2.07. The third kappa shape index (κ3) is 4.52. The third-order valence-corrected chi connectivity index (χ3v) is 2.58. The predicted molar refractivity (Wildman–Crippen MR) is 91.2 cm³/mol. The molecule has 5 nitrogen and oxygen atoms in total. The Bertz CT molecular complexity index is 539. The van der Waals surface area contributed by atoms with Crippen LogP contribution >= 0.6 is 24.0 Å². The Morgan fingerprint density at radius 3 is 2.65 bits per heavy atom. The molecule has 0 saturated carbocycles. The fourth-order valence-corrected chi connectivity index (χ4v) is 1.66. The van der Waals surface area contributed by atoms with E-state index < -0.39 is 0 Å². The van der Waals surface area contributed by atoms with E-state index in [2.05, 4.69) is 20.6 Å². The number of benzene rings is 1. The van der Waals surface area contributed by atoms with Crippen LogP contribution in [-0.4, -0.2) is 24.5 Å². The molecule has 0 amide bonds. The fraction of sp³-hybridized carbons (Fsp3) is 0.286. The second-order valence-corrected chi connectivity index (χ2v) is 3.97. The zero-order valence-corrected chi connectivity index (χ0v) is 13.9. The highest BCUT2D eigenvalue weighted by Crippen LogP contribution is 2.17. The Hall–Kier alpha value is -1.57. The Morgan fingerprint density at radius 2 is 2.00 bits per heavy atom. The maximum absolute atomic E-state index is 5.47. The fourth-order valence-electron chi connectivity index (χ4n) is 1.66. The lowest BCUT2D eigenvalue weighted by atomic mass is 10.2. The Balaban J connectivity index is 0.00000200. The van der Waals surface area contributed by atoms with Gasteiger partial charge in [-0.15, -0.1) is 24.0 Å². The highest BCUT2D eigenvalue weighted by molar-refractivity contribution is 14.0. The van der Waals surface area contributed by atoms with Crippen LogP contribution in [0.5, 0.6) is 0 Å². The minimum Gasteiger partial charge on any atom is -0.444 e. The summed E-state index contributed by atoms with van der Waals surface area (Å²) < 4.78 is 5.47. The van der Waals surface area contributed by atoms with Gasteiger partial charge in [-0.05, 0) is 19.1 Å². The summed E-state index contributed by atoms with van der Waals surface area (Å²) in [5.74, 6) is 1.39. The number of halogens is 1. The number of nitrogens with zero attached hydrogens (tertiary/aromatic N) is 2. The first kappa shape index (κ1) is 16.5. The molecule has 0 unspecified atom stereocenters. The van der Waals surface area contributed by atoms with Crippen molar-refractivity contribution in [3.63, 3.8) is 0 Å². The molecule has 0 aliphatic heterocycles. The number of rotatable bonds is 4. The summed E-state index contributed by atoms with van der Waals surface area (Å²) in [5, 5.41) is 6.29. The highest BCUT2D eigenvalue weighted by Gasteiger charge is 2.06. The van der Waals surface area contributed by atoms with Gasteiger partial charge < -0.3 is 15.1 Å². The maximum atomic E-state index is 5.47. The van der Waals surface area contributed by atoms with Crippen LogP contribution in [0.2, 0.25) is 0 Å². The molecule has 2 rings (SSSR count). The van der Waals surface area contributed by atoms with E-state index in [-0.39, 0.29) is 24.0 Å². The smallest absolute Gasteiger partial charge is 0.226 e. The predicted octanol–water partition coefficient (Wildman–Crippen LogP) is 2.64. The van der Waals surface area contributed by atoms with Crippen molar-refractivity contribution < 1.29 is 4.42 Å². The Kier molecular flexibility index (Phi) is 7.06. The van der Waals surface area contributed by atoms with Gasteiger partial charge in [-0.2, -0.15) is 0 Å². The molecule has 0 atom stereocenters. The second kappa shape index (κ2) is 8.57. The molecule has 20 heavy (non-hydrogen) atoms. The van der Waals surface area contributed by atoms with Crippen molar-refractivity contribution in [2.24, 2.45) is 4.99 Å². The van der Waals surface area contributed by atoms with Crippen molar-refractivity contribution in [3.8, 4) is 11.5 Å². The summed E-state index contributed by atoms with van der Waals surface area (Å²) in [6, 6.07) is 9.84. The van der Waals surface area contributed by atoms with Gasteiger partial charge in [0.15, 0.2) is 5.96 Å². The summed E-state index contributed by atoms with van der Waals surface area (Å²) >= 11 is 0. The van der Waals surface area contributed by atoms with E-state index in [1.54, 1.807) is 13.3 Å². The minimum absolute atomic E-state index is 0. The van der Waals surface area contributed by atoms with Crippen LogP contribution in [0.1, 0.15) is 12.6 Å². The Morgan fingerprint density at radius 1 is 1.25 bits per heavy atom. The molecule has 0 spiro atoms. The molecule has 2 aromatic rings. The van der Waals surface area contributed by atoms with E-state index in [0.29, 0.717) is 12.4 Å². The van der Waals surface area contributed by atoms with Crippen molar-refractivity contribution in [2.75, 3.05) is 13.6 Å². The SMILES string of the molecule is CCNC(=NC)NCc1coc(-c2ccccc2)n1.I. The largest absolute Gasteiger partial charge is 0.444 e. The maximum Gasteiger partial charge on any atom is 0.226 e. The molecule has 0 bridgehead atoms. The topological polar surface area (TPSA) is 62.5 Å². The molecule has 6 heteroatoms. The van der Waals surface area contributed by atoms with E-state index in [1.807, 2.05) is 37.3 Å². The number of hydrogen-bond donors (Lipinski definition) is 2. The molecular weight excluding hydrogens is 367 g/mol. The average Bonchev–Trinajstić information content (AvgIpc) is 2.93. The molecule has 1 aromatic heterocycles. The number of guanidine groups is 1. The summed E-state index contributed by atoms with van der Waals surface area (Å²) in [6.45, 7) is 3.43. The normalized spacial score (nSPS) is 10.8. The molecular formula is C14H19IN4O. The monoisotopic (exact) mass is 386 g/mol. The lowest BCUT2D eigenvalue weighted by Crippen LogP contribution is -2.36. The first-order valence-corrected chi connectivity index (χ1v) is 6.27. The molecule has 108 valence electrons. The van der Waals surface area contributed by atoms with E-state index >= 15 is 0 Å². The van der Waals surface area contributed by atoms with Crippen molar-refractivity contribution >= 4 is 29.9 Å². The number of nitrogens with one attached hydrogen (secondary N) is 2.